The Kier molecular flexibility index (Phi) is 6.04. The number of carbonyl (C=O) groups excluding carboxylic acids is 1. The molecule has 5 atom stereocenters. The van der Waals surface area contributed by atoms with Crippen LogP contribution in [0.2, 0.25) is 5.02 Å². The van der Waals surface area contributed by atoms with Crippen molar-refractivity contribution in [3.8, 4) is 0 Å². The highest BCUT2D eigenvalue weighted by atomic mass is 35.5. The Labute approximate surface area is 196 Å². The first-order chi connectivity index (χ1) is 15.5. The number of hydrogen-bond acceptors (Lipinski definition) is 3. The van der Waals surface area contributed by atoms with Gasteiger partial charge < -0.3 is 10.6 Å². The molecule has 32 heavy (non-hydrogen) atoms. The average molecular weight is 452 g/mol. The second-order valence-corrected chi connectivity index (χ2v) is 10.9. The lowest BCUT2D eigenvalue weighted by atomic mass is 9.58. The van der Waals surface area contributed by atoms with Crippen molar-refractivity contribution in [2.24, 2.45) is 23.7 Å². The molecule has 5 heteroatoms. The molecular formula is C27H34ClN3O. The number of likely N-dealkylation sites (tertiary alicyclic amines) is 1. The molecule has 4 fully saturated rings. The average Bonchev–Trinajstić information content (AvgIpc) is 3.08. The van der Waals surface area contributed by atoms with E-state index in [2.05, 4.69) is 59.7 Å². The lowest BCUT2D eigenvalue weighted by Gasteiger charge is -2.56. The van der Waals surface area contributed by atoms with Crippen molar-refractivity contribution in [3.05, 3.63) is 70.7 Å². The van der Waals surface area contributed by atoms with Crippen LogP contribution in [-0.2, 0) is 17.8 Å². The van der Waals surface area contributed by atoms with Gasteiger partial charge in [-0.15, -0.1) is 0 Å². The van der Waals surface area contributed by atoms with Crippen molar-refractivity contribution in [2.75, 3.05) is 19.6 Å². The lowest BCUT2D eigenvalue weighted by molar-refractivity contribution is -0.138. The maximum Gasteiger partial charge on any atom is 0.240 e. The number of amides is 1. The van der Waals surface area contributed by atoms with Gasteiger partial charge in [0.15, 0.2) is 0 Å². The van der Waals surface area contributed by atoms with Crippen LogP contribution >= 0.6 is 11.6 Å². The highest BCUT2D eigenvalue weighted by Gasteiger charge is 2.64. The van der Waals surface area contributed by atoms with E-state index in [4.69, 9.17) is 11.6 Å². The summed E-state index contributed by atoms with van der Waals surface area (Å²) in [7, 11) is 0. The SMILES string of the molecule is CC(C)CN1C[C@H]2C[C@]3(C(=O)NCc4ccc(Cl)cc4)NC[C@H]2[C@H]1[C@@H]3Cc1ccccc1. The van der Waals surface area contributed by atoms with Gasteiger partial charge in [-0.05, 0) is 53.9 Å². The maximum absolute atomic E-state index is 13.8. The van der Waals surface area contributed by atoms with E-state index in [9.17, 15) is 4.79 Å². The van der Waals surface area contributed by atoms with Crippen molar-refractivity contribution >= 4 is 17.5 Å². The second-order valence-electron chi connectivity index (χ2n) is 10.4. The van der Waals surface area contributed by atoms with Crippen LogP contribution in [0.4, 0.5) is 0 Å². The Balaban J connectivity index is 1.43. The standard InChI is InChI=1S/C27H34ClN3O/c1-18(2)16-31-17-21-13-27(26(32)29-14-20-8-10-22(28)11-9-20)24(25(31)23(21)15-30-27)12-19-6-4-3-5-7-19/h3-11,18,21,23-25,30H,12-17H2,1-2H3,(H,29,32)/t21-,23-,24+,25+,27+/m1/s1. The number of fused-ring (bicyclic) bond motifs is 1. The van der Waals surface area contributed by atoms with Crippen LogP contribution < -0.4 is 10.6 Å². The van der Waals surface area contributed by atoms with E-state index in [1.165, 1.54) is 5.56 Å². The zero-order valence-electron chi connectivity index (χ0n) is 19.1. The van der Waals surface area contributed by atoms with Gasteiger partial charge in [-0.2, -0.15) is 0 Å². The molecule has 1 amide bonds. The van der Waals surface area contributed by atoms with Crippen molar-refractivity contribution in [3.63, 3.8) is 0 Å². The zero-order valence-corrected chi connectivity index (χ0v) is 19.8. The van der Waals surface area contributed by atoms with E-state index in [0.717, 1.165) is 43.1 Å². The normalized spacial score (nSPS) is 31.2. The number of hydrogen-bond donors (Lipinski definition) is 2. The van der Waals surface area contributed by atoms with Gasteiger partial charge >= 0.3 is 0 Å². The highest BCUT2D eigenvalue weighted by molar-refractivity contribution is 6.30. The van der Waals surface area contributed by atoms with Gasteiger partial charge in [0.1, 0.15) is 5.54 Å². The summed E-state index contributed by atoms with van der Waals surface area (Å²) in [5.41, 5.74) is 1.90. The fourth-order valence-corrected chi connectivity index (χ4v) is 6.76. The van der Waals surface area contributed by atoms with Crippen molar-refractivity contribution < 1.29 is 4.79 Å². The molecule has 170 valence electrons. The van der Waals surface area contributed by atoms with Gasteiger partial charge in [-0.3, -0.25) is 9.69 Å². The quantitative estimate of drug-likeness (QED) is 0.665. The Morgan fingerprint density at radius 3 is 2.62 bits per heavy atom. The van der Waals surface area contributed by atoms with Crippen LogP contribution in [-0.4, -0.2) is 42.0 Å². The molecule has 6 rings (SSSR count). The molecule has 0 aromatic heterocycles. The van der Waals surface area contributed by atoms with Crippen LogP contribution in [0.5, 0.6) is 0 Å². The smallest absolute Gasteiger partial charge is 0.240 e. The molecule has 4 bridgehead atoms. The van der Waals surface area contributed by atoms with E-state index in [1.807, 2.05) is 24.3 Å². The number of rotatable bonds is 7. The van der Waals surface area contributed by atoms with E-state index < -0.39 is 5.54 Å². The van der Waals surface area contributed by atoms with Gasteiger partial charge in [-0.1, -0.05) is 67.9 Å². The lowest BCUT2D eigenvalue weighted by Crippen LogP contribution is -2.74. The van der Waals surface area contributed by atoms with E-state index in [-0.39, 0.29) is 11.8 Å². The molecule has 3 saturated heterocycles. The van der Waals surface area contributed by atoms with E-state index >= 15 is 0 Å². The molecule has 1 saturated carbocycles. The minimum Gasteiger partial charge on any atom is -0.350 e. The van der Waals surface area contributed by atoms with E-state index in [0.29, 0.717) is 30.3 Å². The number of halogens is 1. The summed E-state index contributed by atoms with van der Waals surface area (Å²) in [4.78, 5) is 16.6. The van der Waals surface area contributed by atoms with Crippen molar-refractivity contribution in [1.82, 2.24) is 15.5 Å². The van der Waals surface area contributed by atoms with E-state index in [1.54, 1.807) is 0 Å². The molecule has 2 aromatic rings. The summed E-state index contributed by atoms with van der Waals surface area (Å²) >= 11 is 6.03. The van der Waals surface area contributed by atoms with Gasteiger partial charge in [0.25, 0.3) is 0 Å². The molecule has 2 N–H and O–H groups in total. The predicted octanol–water partition coefficient (Wildman–Crippen LogP) is 4.13. The first-order valence-corrected chi connectivity index (χ1v) is 12.4. The third-order valence-electron chi connectivity index (χ3n) is 7.89. The Morgan fingerprint density at radius 2 is 1.91 bits per heavy atom. The van der Waals surface area contributed by atoms with Crippen molar-refractivity contribution in [2.45, 2.75) is 44.8 Å². The second kappa shape index (κ2) is 8.81. The van der Waals surface area contributed by atoms with Crippen LogP contribution in [0.25, 0.3) is 0 Å². The van der Waals surface area contributed by atoms with Crippen LogP contribution in [0, 0.1) is 23.7 Å². The monoisotopic (exact) mass is 451 g/mol. The fourth-order valence-electron chi connectivity index (χ4n) is 6.64. The maximum atomic E-state index is 13.8. The third kappa shape index (κ3) is 3.98. The predicted molar refractivity (Wildman–Crippen MR) is 129 cm³/mol. The van der Waals surface area contributed by atoms with Gasteiger partial charge in [0.05, 0.1) is 0 Å². The number of carbonyl (C=O) groups is 1. The summed E-state index contributed by atoms with van der Waals surface area (Å²) < 4.78 is 0. The number of piperidine rings is 2. The number of benzene rings is 2. The Bertz CT molecular complexity index is 947. The first kappa shape index (κ1) is 21.9. The summed E-state index contributed by atoms with van der Waals surface area (Å²) in [5, 5.41) is 7.76. The molecule has 3 aliphatic heterocycles. The third-order valence-corrected chi connectivity index (χ3v) is 8.14. The first-order valence-electron chi connectivity index (χ1n) is 12.0. The highest BCUT2D eigenvalue weighted by Crippen LogP contribution is 2.53. The zero-order chi connectivity index (χ0) is 22.3. The molecule has 0 spiro atoms. The fraction of sp³-hybridized carbons (Fsp3) is 0.519. The summed E-state index contributed by atoms with van der Waals surface area (Å²) in [6.45, 7) is 8.34. The molecule has 0 unspecified atom stereocenters. The molecule has 2 aromatic carbocycles. The summed E-state index contributed by atoms with van der Waals surface area (Å²) in [5.74, 6) is 2.31. The molecule has 0 radical (unpaired) electrons. The summed E-state index contributed by atoms with van der Waals surface area (Å²) in [6, 6.07) is 18.9. The number of nitrogens with zero attached hydrogens (tertiary/aromatic N) is 1. The van der Waals surface area contributed by atoms with Crippen molar-refractivity contribution in [1.29, 1.82) is 0 Å². The molecule has 3 heterocycles. The van der Waals surface area contributed by atoms with Crippen LogP contribution in [0.1, 0.15) is 31.4 Å². The minimum atomic E-state index is -0.502. The molecule has 4 nitrogen and oxygen atoms in total. The summed E-state index contributed by atoms with van der Waals surface area (Å²) in [6.07, 6.45) is 1.87. The van der Waals surface area contributed by atoms with Crippen LogP contribution in [0.15, 0.2) is 54.6 Å². The molecular weight excluding hydrogens is 418 g/mol. The Morgan fingerprint density at radius 1 is 1.16 bits per heavy atom. The largest absolute Gasteiger partial charge is 0.350 e. The molecule has 4 aliphatic rings. The minimum absolute atomic E-state index is 0.160. The Hall–Kier alpha value is -1.88. The number of nitrogens with one attached hydrogen (secondary N) is 2. The topological polar surface area (TPSA) is 44.4 Å². The van der Waals surface area contributed by atoms with Crippen LogP contribution in [0.3, 0.4) is 0 Å². The van der Waals surface area contributed by atoms with Gasteiger partial charge in [0, 0.05) is 43.2 Å². The molecule has 1 aliphatic carbocycles. The van der Waals surface area contributed by atoms with Gasteiger partial charge in [-0.25, -0.2) is 0 Å². The van der Waals surface area contributed by atoms with Gasteiger partial charge in [0.2, 0.25) is 5.91 Å².